The van der Waals surface area contributed by atoms with Crippen molar-refractivity contribution < 1.29 is 23.8 Å². The maximum Gasteiger partial charge on any atom is 0.410 e. The largest absolute Gasteiger partial charge is 0.454 e. The number of carbonyl (C=O) groups is 2. The van der Waals surface area contributed by atoms with Gasteiger partial charge in [-0.2, -0.15) is 0 Å². The number of rotatable bonds is 4. The summed E-state index contributed by atoms with van der Waals surface area (Å²) in [6.45, 7) is 6.80. The zero-order valence-corrected chi connectivity index (χ0v) is 22.0. The van der Waals surface area contributed by atoms with E-state index in [1.165, 1.54) is 11.8 Å². The van der Waals surface area contributed by atoms with Gasteiger partial charge >= 0.3 is 6.09 Å². The highest BCUT2D eigenvalue weighted by Gasteiger charge is 2.41. The number of aliphatic imine (C=N–C) groups is 2. The minimum Gasteiger partial charge on any atom is -0.454 e. The molecule has 2 amide bonds. The van der Waals surface area contributed by atoms with Crippen molar-refractivity contribution >= 4 is 51.5 Å². The standard InChI is InChI=1S/C25H28N4O5S2/c1-24(2,3)34-23(31)29-10-8-25(9-11-29)27-21(19-5-4-12-35-19)22(28-25)36-14-20(30)26-16-6-7-17-18(13-16)33-15-32-17/h4-7,12-13H,8-11,14-15H2,1-3H3,(H,26,30). The Morgan fingerprint density at radius 1 is 1.17 bits per heavy atom. The van der Waals surface area contributed by atoms with Crippen LogP contribution in [0.5, 0.6) is 11.5 Å². The molecule has 0 atom stereocenters. The monoisotopic (exact) mass is 528 g/mol. The van der Waals surface area contributed by atoms with E-state index in [1.54, 1.807) is 34.4 Å². The summed E-state index contributed by atoms with van der Waals surface area (Å²) in [5.74, 6) is 1.33. The Morgan fingerprint density at radius 2 is 1.94 bits per heavy atom. The second-order valence-corrected chi connectivity index (χ2v) is 11.6. The molecule has 0 unspecified atom stereocenters. The Morgan fingerprint density at radius 3 is 2.67 bits per heavy atom. The van der Waals surface area contributed by atoms with Gasteiger partial charge in [0.15, 0.2) is 17.2 Å². The molecule has 0 bridgehead atoms. The van der Waals surface area contributed by atoms with Crippen LogP contribution in [-0.4, -0.2) is 64.6 Å². The first-order valence-electron chi connectivity index (χ1n) is 11.7. The van der Waals surface area contributed by atoms with Crippen LogP contribution < -0.4 is 14.8 Å². The van der Waals surface area contributed by atoms with Crippen molar-refractivity contribution in [3.63, 3.8) is 0 Å². The van der Waals surface area contributed by atoms with Gasteiger partial charge in [0.05, 0.1) is 10.6 Å². The predicted molar refractivity (Wildman–Crippen MR) is 142 cm³/mol. The van der Waals surface area contributed by atoms with E-state index in [-0.39, 0.29) is 24.5 Å². The van der Waals surface area contributed by atoms with Gasteiger partial charge in [0.1, 0.15) is 16.4 Å². The van der Waals surface area contributed by atoms with E-state index in [4.69, 9.17) is 24.2 Å². The summed E-state index contributed by atoms with van der Waals surface area (Å²) >= 11 is 2.97. The molecule has 5 rings (SSSR count). The van der Waals surface area contributed by atoms with Crippen molar-refractivity contribution in [2.75, 3.05) is 31.0 Å². The molecule has 36 heavy (non-hydrogen) atoms. The van der Waals surface area contributed by atoms with E-state index in [9.17, 15) is 9.59 Å². The van der Waals surface area contributed by atoms with Gasteiger partial charge in [-0.05, 0) is 44.4 Å². The van der Waals surface area contributed by atoms with E-state index >= 15 is 0 Å². The van der Waals surface area contributed by atoms with Crippen molar-refractivity contribution in [3.05, 3.63) is 40.6 Å². The Kier molecular flexibility index (Phi) is 6.69. The number of nitrogens with zero attached hydrogens (tertiary/aromatic N) is 3. The lowest BCUT2D eigenvalue weighted by Crippen LogP contribution is -2.46. The molecule has 0 aliphatic carbocycles. The molecule has 1 N–H and O–H groups in total. The molecule has 1 aromatic heterocycles. The number of benzene rings is 1. The normalized spacial score (nSPS) is 18.1. The highest BCUT2D eigenvalue weighted by Crippen LogP contribution is 2.37. The number of fused-ring (bicyclic) bond motifs is 1. The third-order valence-electron chi connectivity index (χ3n) is 5.80. The lowest BCUT2D eigenvalue weighted by molar-refractivity contribution is -0.113. The summed E-state index contributed by atoms with van der Waals surface area (Å²) in [5.41, 5.74) is 0.314. The zero-order chi connectivity index (χ0) is 25.3. The SMILES string of the molecule is CC(C)(C)OC(=O)N1CCC2(CC1)N=C(SCC(=O)Nc1ccc3c(c1)OCO3)C(c1cccs1)=N2. The maximum atomic E-state index is 12.7. The fourth-order valence-electron chi connectivity index (χ4n) is 4.10. The number of thioether (sulfide) groups is 1. The van der Waals surface area contributed by atoms with Crippen molar-refractivity contribution in [3.8, 4) is 11.5 Å². The van der Waals surface area contributed by atoms with Crippen LogP contribution in [0.15, 0.2) is 45.7 Å². The van der Waals surface area contributed by atoms with Crippen molar-refractivity contribution in [2.24, 2.45) is 9.98 Å². The van der Waals surface area contributed by atoms with Gasteiger partial charge in [-0.15, -0.1) is 11.3 Å². The van der Waals surface area contributed by atoms with Gasteiger partial charge in [-0.3, -0.25) is 9.79 Å². The number of likely N-dealkylation sites (tertiary alicyclic amines) is 1. The molecule has 0 saturated carbocycles. The van der Waals surface area contributed by atoms with Crippen LogP contribution in [0.1, 0.15) is 38.5 Å². The summed E-state index contributed by atoms with van der Waals surface area (Å²) in [6, 6.07) is 9.31. The number of nitrogens with one attached hydrogen (secondary N) is 1. The van der Waals surface area contributed by atoms with Crippen molar-refractivity contribution in [1.82, 2.24) is 4.90 Å². The molecule has 190 valence electrons. The second kappa shape index (κ2) is 9.78. The molecule has 1 spiro atoms. The number of thiophene rings is 1. The lowest BCUT2D eigenvalue weighted by atomic mass is 9.99. The van der Waals surface area contributed by atoms with E-state index in [0.717, 1.165) is 15.6 Å². The molecule has 0 radical (unpaired) electrons. The summed E-state index contributed by atoms with van der Waals surface area (Å²) in [6.07, 6.45) is 0.903. The smallest absolute Gasteiger partial charge is 0.410 e. The molecule has 3 aliphatic rings. The molecule has 1 fully saturated rings. The fourth-order valence-corrected chi connectivity index (χ4v) is 5.75. The molecular weight excluding hydrogens is 500 g/mol. The summed E-state index contributed by atoms with van der Waals surface area (Å²) in [5, 5.41) is 5.66. The topological polar surface area (TPSA) is 102 Å². The van der Waals surface area contributed by atoms with Gasteiger partial charge in [0, 0.05) is 37.7 Å². The number of hydrogen-bond donors (Lipinski definition) is 1. The number of carbonyl (C=O) groups excluding carboxylic acids is 2. The van der Waals surface area contributed by atoms with Crippen LogP contribution in [0.25, 0.3) is 0 Å². The van der Waals surface area contributed by atoms with Crippen LogP contribution in [0.4, 0.5) is 10.5 Å². The van der Waals surface area contributed by atoms with Gasteiger partial charge in [-0.1, -0.05) is 17.8 Å². The van der Waals surface area contributed by atoms with Crippen molar-refractivity contribution in [1.29, 1.82) is 0 Å². The second-order valence-electron chi connectivity index (χ2n) is 9.71. The lowest BCUT2D eigenvalue weighted by Gasteiger charge is -2.36. The molecule has 2 aromatic rings. The van der Waals surface area contributed by atoms with Crippen LogP contribution in [0, 0.1) is 0 Å². The van der Waals surface area contributed by atoms with E-state index in [2.05, 4.69) is 5.32 Å². The molecule has 9 nitrogen and oxygen atoms in total. The highest BCUT2D eigenvalue weighted by atomic mass is 32.2. The van der Waals surface area contributed by atoms with Crippen LogP contribution in [0.3, 0.4) is 0 Å². The molecular formula is C25H28N4O5S2. The Bertz CT molecular complexity index is 1210. The number of amides is 2. The van der Waals surface area contributed by atoms with Crippen molar-refractivity contribution in [2.45, 2.75) is 44.9 Å². The fraction of sp³-hybridized carbons (Fsp3) is 0.440. The minimum atomic E-state index is -0.617. The van der Waals surface area contributed by atoms with E-state index < -0.39 is 11.3 Å². The van der Waals surface area contributed by atoms with Crippen LogP contribution >= 0.6 is 23.1 Å². The molecule has 4 heterocycles. The summed E-state index contributed by atoms with van der Waals surface area (Å²) in [7, 11) is 0. The van der Waals surface area contributed by atoms with Gasteiger partial charge in [0.2, 0.25) is 12.7 Å². The van der Waals surface area contributed by atoms with Crippen LogP contribution in [-0.2, 0) is 9.53 Å². The Hall–Kier alpha value is -3.05. The average molecular weight is 529 g/mol. The Labute approximate surface area is 217 Å². The minimum absolute atomic E-state index is 0.146. The van der Waals surface area contributed by atoms with Gasteiger partial charge in [-0.25, -0.2) is 9.79 Å². The third kappa shape index (κ3) is 5.52. The van der Waals surface area contributed by atoms with Crippen LogP contribution in [0.2, 0.25) is 0 Å². The summed E-state index contributed by atoms with van der Waals surface area (Å²) < 4.78 is 16.2. The first-order valence-corrected chi connectivity index (χ1v) is 13.6. The van der Waals surface area contributed by atoms with E-state index in [0.29, 0.717) is 43.1 Å². The average Bonchev–Trinajstić information content (AvgIpc) is 3.57. The Balaban J connectivity index is 1.25. The molecule has 11 heteroatoms. The first kappa shape index (κ1) is 24.6. The molecule has 3 aliphatic heterocycles. The number of anilines is 1. The van der Waals surface area contributed by atoms with E-state index in [1.807, 2.05) is 38.3 Å². The number of ether oxygens (including phenoxy) is 3. The van der Waals surface area contributed by atoms with Gasteiger partial charge in [0.25, 0.3) is 0 Å². The zero-order valence-electron chi connectivity index (χ0n) is 20.4. The highest BCUT2D eigenvalue weighted by molar-refractivity contribution is 8.16. The summed E-state index contributed by atoms with van der Waals surface area (Å²) in [4.78, 5) is 38.0. The number of piperidine rings is 1. The third-order valence-corrected chi connectivity index (χ3v) is 7.64. The number of hydrogen-bond acceptors (Lipinski definition) is 9. The van der Waals surface area contributed by atoms with Gasteiger partial charge < -0.3 is 24.4 Å². The molecule has 1 saturated heterocycles. The quantitative estimate of drug-likeness (QED) is 0.613. The maximum absolute atomic E-state index is 12.7. The first-order chi connectivity index (χ1) is 17.2. The predicted octanol–water partition coefficient (Wildman–Crippen LogP) is 4.78. The molecule has 1 aromatic carbocycles.